The number of fused-ring (bicyclic) bond motifs is 1. The predicted molar refractivity (Wildman–Crippen MR) is 100 cm³/mol. The second kappa shape index (κ2) is 6.95. The van der Waals surface area contributed by atoms with E-state index in [4.69, 9.17) is 6.42 Å². The Labute approximate surface area is 151 Å². The molecule has 0 unspecified atom stereocenters. The Morgan fingerprint density at radius 3 is 2.65 bits per heavy atom. The van der Waals surface area contributed by atoms with Crippen molar-refractivity contribution in [1.29, 1.82) is 0 Å². The number of aromatic nitrogens is 3. The summed E-state index contributed by atoms with van der Waals surface area (Å²) in [5, 5.41) is 0. The molecule has 0 bridgehead atoms. The number of rotatable bonds is 3. The molecule has 0 fully saturated rings. The van der Waals surface area contributed by atoms with Crippen LogP contribution in [0.15, 0.2) is 53.6 Å². The minimum absolute atomic E-state index is 0.0609. The maximum absolute atomic E-state index is 12.6. The summed E-state index contributed by atoms with van der Waals surface area (Å²) < 4.78 is 0. The highest BCUT2D eigenvalue weighted by Gasteiger charge is 2.21. The van der Waals surface area contributed by atoms with Gasteiger partial charge in [-0.25, -0.2) is 4.98 Å². The van der Waals surface area contributed by atoms with Gasteiger partial charge in [-0.3, -0.25) is 14.7 Å². The lowest BCUT2D eigenvalue weighted by atomic mass is 10.0. The molecule has 26 heavy (non-hydrogen) atoms. The van der Waals surface area contributed by atoms with Gasteiger partial charge in [-0.05, 0) is 29.8 Å². The van der Waals surface area contributed by atoms with Gasteiger partial charge in [-0.1, -0.05) is 18.1 Å². The highest BCUT2D eigenvalue weighted by Crippen LogP contribution is 2.19. The number of hydrogen-bond acceptors (Lipinski definition) is 4. The average molecular weight is 342 g/mol. The molecule has 1 N–H and O–H groups in total. The van der Waals surface area contributed by atoms with Crippen LogP contribution in [-0.2, 0) is 19.5 Å². The summed E-state index contributed by atoms with van der Waals surface area (Å²) in [5.74, 6) is 3.23. The molecule has 0 atom stereocenters. The summed E-state index contributed by atoms with van der Waals surface area (Å²) in [7, 11) is 0. The number of pyridine rings is 1. The quantitative estimate of drug-likeness (QED) is 0.743. The van der Waals surface area contributed by atoms with Gasteiger partial charge in [0.2, 0.25) is 0 Å². The summed E-state index contributed by atoms with van der Waals surface area (Å²) in [6.07, 6.45) is 9.56. The van der Waals surface area contributed by atoms with Crippen LogP contribution in [-0.4, -0.2) is 26.4 Å². The molecule has 3 aromatic rings. The van der Waals surface area contributed by atoms with Crippen molar-refractivity contribution >= 4 is 0 Å². The molecule has 5 nitrogen and oxygen atoms in total. The summed E-state index contributed by atoms with van der Waals surface area (Å²) in [6.45, 7) is 2.26. The molecule has 0 spiro atoms. The van der Waals surface area contributed by atoms with Crippen molar-refractivity contribution in [3.8, 4) is 23.7 Å². The van der Waals surface area contributed by atoms with Crippen molar-refractivity contribution in [2.75, 3.05) is 6.54 Å². The van der Waals surface area contributed by atoms with Gasteiger partial charge in [-0.2, -0.15) is 0 Å². The van der Waals surface area contributed by atoms with Gasteiger partial charge < -0.3 is 4.98 Å². The molecule has 4 rings (SSSR count). The Kier molecular flexibility index (Phi) is 4.34. The first-order valence-electron chi connectivity index (χ1n) is 8.53. The molecule has 1 aliphatic rings. The first-order valence-corrected chi connectivity index (χ1v) is 8.53. The third-order valence-electron chi connectivity index (χ3n) is 4.63. The summed E-state index contributed by atoms with van der Waals surface area (Å²) in [4.78, 5) is 26.4. The van der Waals surface area contributed by atoms with Crippen molar-refractivity contribution in [3.63, 3.8) is 0 Å². The van der Waals surface area contributed by atoms with Crippen LogP contribution < -0.4 is 5.56 Å². The van der Waals surface area contributed by atoms with Gasteiger partial charge >= 0.3 is 0 Å². The Hall–Kier alpha value is -3.23. The van der Waals surface area contributed by atoms with Crippen LogP contribution in [0.3, 0.4) is 0 Å². The van der Waals surface area contributed by atoms with Crippen molar-refractivity contribution in [1.82, 2.24) is 19.9 Å². The van der Waals surface area contributed by atoms with E-state index in [0.29, 0.717) is 12.4 Å². The Morgan fingerprint density at radius 2 is 1.92 bits per heavy atom. The van der Waals surface area contributed by atoms with Crippen LogP contribution in [0.2, 0.25) is 0 Å². The van der Waals surface area contributed by atoms with Gasteiger partial charge in [-0.15, -0.1) is 6.42 Å². The van der Waals surface area contributed by atoms with Crippen LogP contribution in [0.25, 0.3) is 11.4 Å². The summed E-state index contributed by atoms with van der Waals surface area (Å²) in [5.41, 5.74) is 4.52. The molecule has 0 saturated carbocycles. The van der Waals surface area contributed by atoms with E-state index in [1.165, 1.54) is 5.56 Å². The van der Waals surface area contributed by atoms with Crippen molar-refractivity contribution < 1.29 is 0 Å². The fourth-order valence-corrected chi connectivity index (χ4v) is 3.23. The van der Waals surface area contributed by atoms with Crippen LogP contribution in [0, 0.1) is 12.3 Å². The number of nitrogens with one attached hydrogen (secondary N) is 1. The molecule has 1 aliphatic heterocycles. The smallest absolute Gasteiger partial charge is 0.255 e. The number of aromatic amines is 1. The molecule has 0 aliphatic carbocycles. The van der Waals surface area contributed by atoms with Crippen LogP contribution in [0.1, 0.15) is 22.4 Å². The minimum Gasteiger partial charge on any atom is -0.306 e. The highest BCUT2D eigenvalue weighted by atomic mass is 16.1. The van der Waals surface area contributed by atoms with Gasteiger partial charge in [0.25, 0.3) is 5.56 Å². The van der Waals surface area contributed by atoms with Gasteiger partial charge in [0, 0.05) is 49.6 Å². The number of nitrogens with zero attached hydrogens (tertiary/aromatic N) is 3. The summed E-state index contributed by atoms with van der Waals surface area (Å²) >= 11 is 0. The second-order valence-electron chi connectivity index (χ2n) is 6.38. The molecular weight excluding hydrogens is 324 g/mol. The number of benzene rings is 1. The number of H-pyrrole nitrogens is 1. The third-order valence-corrected chi connectivity index (χ3v) is 4.63. The van der Waals surface area contributed by atoms with Gasteiger partial charge in [0.15, 0.2) is 0 Å². The van der Waals surface area contributed by atoms with Crippen molar-refractivity contribution in [3.05, 3.63) is 81.5 Å². The largest absolute Gasteiger partial charge is 0.306 e. The van der Waals surface area contributed by atoms with E-state index in [9.17, 15) is 4.79 Å². The van der Waals surface area contributed by atoms with E-state index >= 15 is 0 Å². The van der Waals surface area contributed by atoms with Crippen LogP contribution in [0.5, 0.6) is 0 Å². The predicted octanol–water partition coefficient (Wildman–Crippen LogP) is 2.37. The zero-order chi connectivity index (χ0) is 17.9. The maximum Gasteiger partial charge on any atom is 0.255 e. The van der Waals surface area contributed by atoms with Crippen LogP contribution in [0.4, 0.5) is 0 Å². The van der Waals surface area contributed by atoms with E-state index in [1.807, 2.05) is 36.4 Å². The minimum atomic E-state index is -0.0609. The lowest BCUT2D eigenvalue weighted by molar-refractivity contribution is 0.242. The number of terminal acetylenes is 1. The lowest BCUT2D eigenvalue weighted by Gasteiger charge is -2.27. The average Bonchev–Trinajstić information content (AvgIpc) is 2.69. The lowest BCUT2D eigenvalue weighted by Crippen LogP contribution is -2.35. The van der Waals surface area contributed by atoms with E-state index in [2.05, 4.69) is 25.8 Å². The first kappa shape index (κ1) is 16.2. The Bertz CT molecular complexity index is 1020. The number of hydrogen-bond donors (Lipinski definition) is 1. The molecular formula is C21H18N4O. The zero-order valence-electron chi connectivity index (χ0n) is 14.3. The Balaban J connectivity index is 1.55. The normalized spacial score (nSPS) is 13.8. The molecule has 5 heteroatoms. The van der Waals surface area contributed by atoms with Crippen LogP contribution >= 0.6 is 0 Å². The topological polar surface area (TPSA) is 61.9 Å². The zero-order valence-corrected chi connectivity index (χ0v) is 14.3. The van der Waals surface area contributed by atoms with E-state index in [1.54, 1.807) is 12.4 Å². The molecule has 3 heterocycles. The Morgan fingerprint density at radius 1 is 1.15 bits per heavy atom. The maximum atomic E-state index is 12.6. The van der Waals surface area contributed by atoms with Crippen molar-refractivity contribution in [2.45, 2.75) is 19.5 Å². The molecule has 128 valence electrons. The molecule has 1 aromatic carbocycles. The SMILES string of the molecule is C#Cc1ccc(CN2CCc3nc(-c4ccncc4)[nH]c(=O)c3C2)cc1. The van der Waals surface area contributed by atoms with E-state index in [0.717, 1.165) is 41.9 Å². The second-order valence-corrected chi connectivity index (χ2v) is 6.38. The highest BCUT2D eigenvalue weighted by molar-refractivity contribution is 5.54. The van der Waals surface area contributed by atoms with Crippen molar-refractivity contribution in [2.24, 2.45) is 0 Å². The molecule has 0 saturated heterocycles. The molecule has 0 radical (unpaired) electrons. The fourth-order valence-electron chi connectivity index (χ4n) is 3.23. The monoisotopic (exact) mass is 342 g/mol. The standard InChI is InChI=1S/C21H18N4O/c1-2-15-3-5-16(6-4-15)13-25-12-9-19-18(14-25)21(26)24-20(23-19)17-7-10-22-11-8-17/h1,3-8,10-11H,9,12-14H2,(H,23,24,26). The fraction of sp³-hybridized carbons (Fsp3) is 0.190. The summed E-state index contributed by atoms with van der Waals surface area (Å²) in [6, 6.07) is 11.7. The molecule has 0 amide bonds. The van der Waals surface area contributed by atoms with Gasteiger partial charge in [0.05, 0.1) is 11.3 Å². The van der Waals surface area contributed by atoms with E-state index in [-0.39, 0.29) is 5.56 Å². The first-order chi connectivity index (χ1) is 12.7. The third kappa shape index (κ3) is 3.28. The van der Waals surface area contributed by atoms with E-state index < -0.39 is 0 Å². The molecule has 2 aromatic heterocycles. The van der Waals surface area contributed by atoms with Gasteiger partial charge in [0.1, 0.15) is 5.82 Å².